The molecule has 1 atom stereocenters. The summed E-state index contributed by atoms with van der Waals surface area (Å²) in [5, 5.41) is 2.00. The van der Waals surface area contributed by atoms with Gasteiger partial charge in [0, 0.05) is 33.4 Å². The van der Waals surface area contributed by atoms with Crippen LogP contribution in [0, 0.1) is 0 Å². The molecule has 0 fully saturated rings. The molecule has 9 aromatic rings. The molecule has 260 valence electrons. The van der Waals surface area contributed by atoms with E-state index in [1.54, 1.807) is 0 Å². The first-order valence-electron chi connectivity index (χ1n) is 18.7. The zero-order valence-electron chi connectivity index (χ0n) is 30.0. The molecule has 1 aliphatic rings. The Hall–Kier alpha value is -7.17. The van der Waals surface area contributed by atoms with E-state index in [2.05, 4.69) is 170 Å². The number of aromatic nitrogens is 3. The quantitative estimate of drug-likeness (QED) is 0.166. The fourth-order valence-corrected chi connectivity index (χ4v) is 7.58. The minimum absolute atomic E-state index is 0.368. The smallest absolute Gasteiger partial charge is 0.164 e. The standard InChI is InChI=1S/C51H35N3O/c1-4-11-34(12-5-1)37-19-21-40(22-20-37)43-31-32-44-47(33-43)55-46-18-10-17-45(48(44)46)51-53-49(41-27-23-38(24-28-41)35-13-6-2-7-14-35)52-50(54-51)42-29-25-39(26-30-42)36-15-8-3-9-16-36/h1-15,17-33,36H,16H2. The van der Waals surface area contributed by atoms with Gasteiger partial charge in [-0.2, -0.15) is 0 Å². The molecule has 55 heavy (non-hydrogen) atoms. The number of hydrogen-bond acceptors (Lipinski definition) is 4. The third-order valence-electron chi connectivity index (χ3n) is 10.5. The molecule has 0 saturated carbocycles. The molecule has 0 aliphatic heterocycles. The van der Waals surface area contributed by atoms with Crippen molar-refractivity contribution in [3.63, 3.8) is 0 Å². The zero-order valence-corrected chi connectivity index (χ0v) is 30.0. The summed E-state index contributed by atoms with van der Waals surface area (Å²) in [5.74, 6) is 2.22. The average Bonchev–Trinajstić information content (AvgIpc) is 3.66. The summed E-state index contributed by atoms with van der Waals surface area (Å²) < 4.78 is 6.54. The monoisotopic (exact) mass is 705 g/mol. The second kappa shape index (κ2) is 14.0. The second-order valence-electron chi connectivity index (χ2n) is 14.0. The summed E-state index contributed by atoms with van der Waals surface area (Å²) in [7, 11) is 0. The molecule has 0 spiro atoms. The van der Waals surface area contributed by atoms with Gasteiger partial charge in [-0.15, -0.1) is 0 Å². The Morgan fingerprint density at radius 2 is 0.945 bits per heavy atom. The van der Waals surface area contributed by atoms with Gasteiger partial charge in [-0.3, -0.25) is 0 Å². The Bertz CT molecular complexity index is 2850. The average molecular weight is 706 g/mol. The minimum Gasteiger partial charge on any atom is -0.456 e. The topological polar surface area (TPSA) is 51.8 Å². The molecule has 2 aromatic heterocycles. The van der Waals surface area contributed by atoms with Crippen LogP contribution >= 0.6 is 0 Å². The summed E-state index contributed by atoms with van der Waals surface area (Å²) in [6.45, 7) is 0. The maximum Gasteiger partial charge on any atom is 0.164 e. The van der Waals surface area contributed by atoms with E-state index >= 15 is 0 Å². The van der Waals surface area contributed by atoms with E-state index in [9.17, 15) is 0 Å². The summed E-state index contributed by atoms with van der Waals surface area (Å²) >= 11 is 0. The number of furan rings is 1. The Balaban J connectivity index is 1.06. The van der Waals surface area contributed by atoms with Crippen LogP contribution < -0.4 is 0 Å². The van der Waals surface area contributed by atoms with Crippen molar-refractivity contribution in [1.82, 2.24) is 15.0 Å². The van der Waals surface area contributed by atoms with Crippen molar-refractivity contribution >= 4 is 21.9 Å². The molecule has 2 heterocycles. The van der Waals surface area contributed by atoms with E-state index in [-0.39, 0.29) is 0 Å². The van der Waals surface area contributed by atoms with Gasteiger partial charge in [-0.1, -0.05) is 176 Å². The van der Waals surface area contributed by atoms with Crippen LogP contribution in [0.3, 0.4) is 0 Å². The highest BCUT2D eigenvalue weighted by atomic mass is 16.3. The molecule has 4 nitrogen and oxygen atoms in total. The fraction of sp³-hybridized carbons (Fsp3) is 0.0392. The molecule has 0 saturated heterocycles. The summed E-state index contributed by atoms with van der Waals surface area (Å²) in [5.41, 5.74) is 12.6. The van der Waals surface area contributed by atoms with Crippen LogP contribution in [0.25, 0.3) is 89.5 Å². The van der Waals surface area contributed by atoms with Gasteiger partial charge in [-0.25, -0.2) is 15.0 Å². The van der Waals surface area contributed by atoms with Crippen LogP contribution in [0.2, 0.25) is 0 Å². The van der Waals surface area contributed by atoms with Gasteiger partial charge in [-0.05, 0) is 63.6 Å². The van der Waals surface area contributed by atoms with E-state index in [1.165, 1.54) is 22.3 Å². The first-order chi connectivity index (χ1) is 27.2. The maximum atomic E-state index is 6.54. The lowest BCUT2D eigenvalue weighted by atomic mass is 9.92. The van der Waals surface area contributed by atoms with Gasteiger partial charge in [0.2, 0.25) is 0 Å². The summed E-state index contributed by atoms with van der Waals surface area (Å²) in [6.07, 6.45) is 9.71. The second-order valence-corrected chi connectivity index (χ2v) is 14.0. The van der Waals surface area contributed by atoms with Gasteiger partial charge in [0.25, 0.3) is 0 Å². The van der Waals surface area contributed by atoms with E-state index in [0.717, 1.165) is 61.7 Å². The molecule has 1 unspecified atom stereocenters. The lowest BCUT2D eigenvalue weighted by molar-refractivity contribution is 0.669. The largest absolute Gasteiger partial charge is 0.456 e. The van der Waals surface area contributed by atoms with Gasteiger partial charge < -0.3 is 4.42 Å². The Morgan fingerprint density at radius 3 is 1.55 bits per heavy atom. The van der Waals surface area contributed by atoms with E-state index in [0.29, 0.717) is 23.4 Å². The normalized spacial score (nSPS) is 13.8. The van der Waals surface area contributed by atoms with Gasteiger partial charge >= 0.3 is 0 Å². The zero-order chi connectivity index (χ0) is 36.6. The molecule has 1 aliphatic carbocycles. The molecule has 0 amide bonds. The number of hydrogen-bond donors (Lipinski definition) is 0. The molecule has 0 bridgehead atoms. The van der Waals surface area contributed by atoms with Gasteiger partial charge in [0.05, 0.1) is 0 Å². The van der Waals surface area contributed by atoms with Crippen LogP contribution in [0.5, 0.6) is 0 Å². The van der Waals surface area contributed by atoms with E-state index in [1.807, 2.05) is 24.3 Å². The summed E-state index contributed by atoms with van der Waals surface area (Å²) in [6, 6.07) is 59.2. The summed E-state index contributed by atoms with van der Waals surface area (Å²) in [4.78, 5) is 15.4. The molecule has 4 heteroatoms. The Morgan fingerprint density at radius 1 is 0.418 bits per heavy atom. The van der Waals surface area contributed by atoms with Crippen LogP contribution in [0.1, 0.15) is 17.9 Å². The van der Waals surface area contributed by atoms with Crippen molar-refractivity contribution in [3.05, 3.63) is 200 Å². The highest BCUT2D eigenvalue weighted by Crippen LogP contribution is 2.39. The molecule has 0 N–H and O–H groups in total. The number of allylic oxidation sites excluding steroid dienone is 4. The lowest BCUT2D eigenvalue weighted by Crippen LogP contribution is -2.01. The Kier molecular flexibility index (Phi) is 8.27. The van der Waals surface area contributed by atoms with Crippen molar-refractivity contribution in [2.75, 3.05) is 0 Å². The highest BCUT2D eigenvalue weighted by molar-refractivity contribution is 6.12. The van der Waals surface area contributed by atoms with Crippen molar-refractivity contribution in [3.8, 4) is 67.5 Å². The predicted octanol–water partition coefficient (Wildman–Crippen LogP) is 13.4. The third-order valence-corrected chi connectivity index (χ3v) is 10.5. The molecule has 0 radical (unpaired) electrons. The third kappa shape index (κ3) is 6.34. The van der Waals surface area contributed by atoms with E-state index in [4.69, 9.17) is 19.4 Å². The predicted molar refractivity (Wildman–Crippen MR) is 225 cm³/mol. The number of benzene rings is 7. The lowest BCUT2D eigenvalue weighted by Gasteiger charge is -2.14. The van der Waals surface area contributed by atoms with Crippen LogP contribution in [0.15, 0.2) is 199 Å². The maximum absolute atomic E-state index is 6.54. The Labute approximate surface area is 319 Å². The van der Waals surface area contributed by atoms with Gasteiger partial charge in [0.1, 0.15) is 11.2 Å². The molecular weight excluding hydrogens is 671 g/mol. The first kappa shape index (κ1) is 32.5. The first-order valence-corrected chi connectivity index (χ1v) is 18.7. The van der Waals surface area contributed by atoms with E-state index < -0.39 is 0 Å². The number of rotatable bonds is 7. The molecular formula is C51H35N3O. The minimum atomic E-state index is 0.368. The van der Waals surface area contributed by atoms with Crippen molar-refractivity contribution in [2.45, 2.75) is 12.3 Å². The van der Waals surface area contributed by atoms with Crippen LogP contribution in [-0.4, -0.2) is 15.0 Å². The fourth-order valence-electron chi connectivity index (χ4n) is 7.58. The van der Waals surface area contributed by atoms with Crippen molar-refractivity contribution in [2.24, 2.45) is 0 Å². The van der Waals surface area contributed by atoms with Crippen molar-refractivity contribution in [1.29, 1.82) is 0 Å². The highest BCUT2D eigenvalue weighted by Gasteiger charge is 2.19. The number of nitrogens with zero attached hydrogens (tertiary/aromatic N) is 3. The molecule has 10 rings (SSSR count). The molecule has 7 aromatic carbocycles. The van der Waals surface area contributed by atoms with Crippen LogP contribution in [-0.2, 0) is 0 Å². The SMILES string of the molecule is C1=CCC(c2ccc(-c3nc(-c4ccc(-c5ccccc5)cc4)nc(-c4cccc5oc6cc(-c7ccc(-c8ccccc8)cc7)ccc6c45)n3)cc2)C=C1. The van der Waals surface area contributed by atoms with Gasteiger partial charge in [0.15, 0.2) is 17.5 Å². The van der Waals surface area contributed by atoms with Crippen LogP contribution in [0.4, 0.5) is 0 Å². The van der Waals surface area contributed by atoms with Crippen molar-refractivity contribution < 1.29 is 4.42 Å². The number of fused-ring (bicyclic) bond motifs is 3.